The molecule has 0 saturated carbocycles. The third-order valence-corrected chi connectivity index (χ3v) is 2.80. The molecule has 0 amide bonds. The Hall–Kier alpha value is -1.87. The van der Waals surface area contributed by atoms with Gasteiger partial charge in [0.15, 0.2) is 5.78 Å². The molecule has 0 saturated heterocycles. The van der Waals surface area contributed by atoms with E-state index in [0.29, 0.717) is 22.9 Å². The summed E-state index contributed by atoms with van der Waals surface area (Å²) in [7, 11) is 0. The van der Waals surface area contributed by atoms with E-state index < -0.39 is 0 Å². The maximum absolute atomic E-state index is 12.2. The van der Waals surface area contributed by atoms with Crippen molar-refractivity contribution in [1.29, 1.82) is 0 Å². The lowest BCUT2D eigenvalue weighted by Crippen LogP contribution is -2.02. The van der Waals surface area contributed by atoms with Crippen LogP contribution in [0.3, 0.4) is 0 Å². The Kier molecular flexibility index (Phi) is 4.53. The molecule has 2 rings (SSSR count). The van der Waals surface area contributed by atoms with Crippen LogP contribution in [-0.4, -0.2) is 17.4 Å². The Morgan fingerprint density at radius 3 is 2.42 bits per heavy atom. The summed E-state index contributed by atoms with van der Waals surface area (Å²) in [4.78, 5) is 16.1. The quantitative estimate of drug-likeness (QED) is 0.616. The van der Waals surface area contributed by atoms with Crippen LogP contribution in [0, 0.1) is 0 Å². The first-order valence-electron chi connectivity index (χ1n) is 6.10. The second kappa shape index (κ2) is 6.34. The molecule has 0 spiro atoms. The van der Waals surface area contributed by atoms with Crippen molar-refractivity contribution in [3.05, 3.63) is 58.9 Å². The molecule has 1 heterocycles. The van der Waals surface area contributed by atoms with Crippen LogP contribution < -0.4 is 4.74 Å². The maximum atomic E-state index is 12.2. The molecule has 98 valence electrons. The summed E-state index contributed by atoms with van der Waals surface area (Å²) in [5.74, 6) is 0.693. The fourth-order valence-corrected chi connectivity index (χ4v) is 1.71. The highest BCUT2D eigenvalue weighted by Gasteiger charge is 2.09. The fraction of sp³-hybridized carbons (Fsp3) is 0.200. The minimum Gasteiger partial charge on any atom is -0.494 e. The number of halogens is 1. The molecule has 0 aliphatic heterocycles. The summed E-state index contributed by atoms with van der Waals surface area (Å²) in [6.07, 6.45) is 2.43. The number of hydrogen-bond donors (Lipinski definition) is 0. The van der Waals surface area contributed by atoms with Crippen LogP contribution in [0.4, 0.5) is 0 Å². The van der Waals surface area contributed by atoms with E-state index in [1.807, 2.05) is 6.92 Å². The lowest BCUT2D eigenvalue weighted by Gasteiger charge is -2.05. The van der Waals surface area contributed by atoms with Crippen molar-refractivity contribution >= 4 is 17.4 Å². The molecule has 19 heavy (non-hydrogen) atoms. The van der Waals surface area contributed by atoms with Crippen molar-refractivity contribution in [1.82, 2.24) is 4.98 Å². The van der Waals surface area contributed by atoms with Gasteiger partial charge in [-0.25, -0.2) is 4.98 Å². The third kappa shape index (κ3) is 3.55. The third-order valence-electron chi connectivity index (χ3n) is 2.58. The van der Waals surface area contributed by atoms with Gasteiger partial charge < -0.3 is 4.74 Å². The number of aromatic nitrogens is 1. The lowest BCUT2D eigenvalue weighted by molar-refractivity contribution is 0.103. The average Bonchev–Trinajstić information content (AvgIpc) is 2.46. The smallest absolute Gasteiger partial charge is 0.194 e. The molecule has 0 aliphatic carbocycles. The van der Waals surface area contributed by atoms with E-state index in [1.54, 1.807) is 36.4 Å². The second-order valence-corrected chi connectivity index (χ2v) is 4.46. The summed E-state index contributed by atoms with van der Waals surface area (Å²) in [6.45, 7) is 2.72. The lowest BCUT2D eigenvalue weighted by atomic mass is 10.1. The average molecular weight is 276 g/mol. The van der Waals surface area contributed by atoms with Gasteiger partial charge in [-0.2, -0.15) is 0 Å². The molecule has 1 aromatic heterocycles. The molecule has 4 heteroatoms. The zero-order valence-electron chi connectivity index (χ0n) is 10.6. The van der Waals surface area contributed by atoms with E-state index in [-0.39, 0.29) is 5.78 Å². The Morgan fingerprint density at radius 1 is 1.16 bits per heavy atom. The van der Waals surface area contributed by atoms with E-state index in [9.17, 15) is 4.79 Å². The summed E-state index contributed by atoms with van der Waals surface area (Å²) in [5.41, 5.74) is 1.12. The van der Waals surface area contributed by atoms with Crippen molar-refractivity contribution in [2.24, 2.45) is 0 Å². The number of pyridine rings is 1. The molecule has 0 fully saturated rings. The predicted molar refractivity (Wildman–Crippen MR) is 74.9 cm³/mol. The van der Waals surface area contributed by atoms with Crippen LogP contribution in [0.5, 0.6) is 5.75 Å². The Bertz CT molecular complexity index is 549. The van der Waals surface area contributed by atoms with Gasteiger partial charge in [0.1, 0.15) is 10.9 Å². The second-order valence-electron chi connectivity index (χ2n) is 4.07. The molecule has 2 aromatic rings. The van der Waals surface area contributed by atoms with E-state index >= 15 is 0 Å². The van der Waals surface area contributed by atoms with Crippen LogP contribution >= 0.6 is 11.6 Å². The van der Waals surface area contributed by atoms with Crippen LogP contribution in [0.1, 0.15) is 29.3 Å². The predicted octanol–water partition coefficient (Wildman–Crippen LogP) is 3.75. The summed E-state index contributed by atoms with van der Waals surface area (Å²) in [5, 5.41) is 0.375. The van der Waals surface area contributed by atoms with Crippen molar-refractivity contribution in [2.45, 2.75) is 13.3 Å². The van der Waals surface area contributed by atoms with E-state index in [2.05, 4.69) is 4.98 Å². The van der Waals surface area contributed by atoms with Gasteiger partial charge in [-0.1, -0.05) is 18.5 Å². The summed E-state index contributed by atoms with van der Waals surface area (Å²) < 4.78 is 5.47. The molecular formula is C15H14ClNO2. The maximum Gasteiger partial charge on any atom is 0.194 e. The number of benzene rings is 1. The molecule has 0 unspecified atom stereocenters. The molecule has 0 aliphatic rings. The number of hydrogen-bond acceptors (Lipinski definition) is 3. The van der Waals surface area contributed by atoms with Crippen molar-refractivity contribution in [2.75, 3.05) is 6.61 Å². The van der Waals surface area contributed by atoms with Gasteiger partial charge >= 0.3 is 0 Å². The summed E-state index contributed by atoms with van der Waals surface area (Å²) in [6, 6.07) is 10.4. The highest BCUT2D eigenvalue weighted by Crippen LogP contribution is 2.16. The SMILES string of the molecule is CCCOc1ccc(C(=O)c2ccc(Cl)nc2)cc1. The molecule has 0 atom stereocenters. The highest BCUT2D eigenvalue weighted by molar-refractivity contribution is 6.29. The van der Waals surface area contributed by atoms with Gasteiger partial charge in [0.05, 0.1) is 6.61 Å². The minimum atomic E-state index is -0.0776. The van der Waals surface area contributed by atoms with Crippen molar-refractivity contribution in [3.8, 4) is 5.75 Å². The monoisotopic (exact) mass is 275 g/mol. The van der Waals surface area contributed by atoms with Gasteiger partial charge in [0.25, 0.3) is 0 Å². The molecule has 3 nitrogen and oxygen atoms in total. The van der Waals surface area contributed by atoms with Crippen molar-refractivity contribution < 1.29 is 9.53 Å². The van der Waals surface area contributed by atoms with Crippen LogP contribution in [0.15, 0.2) is 42.6 Å². The Morgan fingerprint density at radius 2 is 1.84 bits per heavy atom. The first-order valence-corrected chi connectivity index (χ1v) is 6.47. The highest BCUT2D eigenvalue weighted by atomic mass is 35.5. The largest absolute Gasteiger partial charge is 0.494 e. The van der Waals surface area contributed by atoms with Gasteiger partial charge in [0.2, 0.25) is 0 Å². The number of nitrogens with zero attached hydrogens (tertiary/aromatic N) is 1. The molecule has 0 N–H and O–H groups in total. The van der Waals surface area contributed by atoms with E-state index in [4.69, 9.17) is 16.3 Å². The Balaban J connectivity index is 2.13. The van der Waals surface area contributed by atoms with Gasteiger partial charge in [-0.3, -0.25) is 4.79 Å². The van der Waals surface area contributed by atoms with Crippen LogP contribution in [0.2, 0.25) is 5.15 Å². The van der Waals surface area contributed by atoms with Gasteiger partial charge in [-0.15, -0.1) is 0 Å². The van der Waals surface area contributed by atoms with Gasteiger partial charge in [-0.05, 0) is 42.8 Å². The van der Waals surface area contributed by atoms with Crippen LogP contribution in [0.25, 0.3) is 0 Å². The number of ether oxygens (including phenoxy) is 1. The number of carbonyl (C=O) groups excluding carboxylic acids is 1. The molecular weight excluding hydrogens is 262 g/mol. The summed E-state index contributed by atoms with van der Waals surface area (Å²) >= 11 is 5.69. The zero-order chi connectivity index (χ0) is 13.7. The topological polar surface area (TPSA) is 39.2 Å². The number of ketones is 1. The first kappa shape index (κ1) is 13.6. The normalized spacial score (nSPS) is 10.2. The number of rotatable bonds is 5. The molecule has 0 radical (unpaired) electrons. The van der Waals surface area contributed by atoms with E-state index in [0.717, 1.165) is 12.2 Å². The fourth-order valence-electron chi connectivity index (χ4n) is 1.60. The standard InChI is InChI=1S/C15H14ClNO2/c1-2-9-19-13-6-3-11(4-7-13)15(18)12-5-8-14(16)17-10-12/h3-8,10H,2,9H2,1H3. The van der Waals surface area contributed by atoms with E-state index in [1.165, 1.54) is 6.20 Å². The number of carbonyl (C=O) groups is 1. The first-order chi connectivity index (χ1) is 9.20. The molecule has 0 bridgehead atoms. The van der Waals surface area contributed by atoms with Gasteiger partial charge in [0, 0.05) is 17.3 Å². The van der Waals surface area contributed by atoms with Crippen LogP contribution in [-0.2, 0) is 0 Å². The minimum absolute atomic E-state index is 0.0776. The van der Waals surface area contributed by atoms with Crippen molar-refractivity contribution in [3.63, 3.8) is 0 Å². The Labute approximate surface area is 117 Å². The zero-order valence-corrected chi connectivity index (χ0v) is 11.4. The molecule has 1 aromatic carbocycles.